The van der Waals surface area contributed by atoms with E-state index in [2.05, 4.69) is 0 Å². The quantitative estimate of drug-likeness (QED) is 0.481. The van der Waals surface area contributed by atoms with Gasteiger partial charge in [-0.15, -0.1) is 0 Å². The summed E-state index contributed by atoms with van der Waals surface area (Å²) in [6, 6.07) is 24.4. The maximum atomic E-state index is 12.5. The molecule has 0 aliphatic carbocycles. The first-order valence-corrected chi connectivity index (χ1v) is 8.65. The van der Waals surface area contributed by atoms with Gasteiger partial charge in [0, 0.05) is 18.7 Å². The summed E-state index contributed by atoms with van der Waals surface area (Å²) in [7, 11) is 1.66. The highest BCUT2D eigenvalue weighted by atomic mass is 16.6. The molecule has 0 saturated heterocycles. The number of rotatable bonds is 6. The highest BCUT2D eigenvalue weighted by molar-refractivity contribution is 5.79. The Morgan fingerprint density at radius 2 is 1.48 bits per heavy atom. The Kier molecular flexibility index (Phi) is 5.61. The molecular weight excluding hydrogens is 340 g/mol. The highest BCUT2D eigenvalue weighted by Gasteiger charge is 2.17. The van der Waals surface area contributed by atoms with E-state index in [1.165, 1.54) is 11.0 Å². The van der Waals surface area contributed by atoms with Crippen LogP contribution >= 0.6 is 0 Å². The summed E-state index contributed by atoms with van der Waals surface area (Å²) in [4.78, 5) is 24.7. The smallest absolute Gasteiger partial charge is 0.274 e. The van der Waals surface area contributed by atoms with Gasteiger partial charge in [0.1, 0.15) is 0 Å². The first kappa shape index (κ1) is 18.3. The van der Waals surface area contributed by atoms with Gasteiger partial charge >= 0.3 is 0 Å². The molecule has 0 aliphatic rings. The van der Waals surface area contributed by atoms with Crippen molar-refractivity contribution < 1.29 is 9.72 Å². The summed E-state index contributed by atoms with van der Waals surface area (Å²) in [5.41, 5.74) is 3.69. The molecule has 3 aromatic carbocycles. The van der Waals surface area contributed by atoms with Gasteiger partial charge in [0.2, 0.25) is 5.91 Å². The number of benzene rings is 3. The van der Waals surface area contributed by atoms with Crippen LogP contribution in [0.3, 0.4) is 0 Å². The molecule has 27 heavy (non-hydrogen) atoms. The predicted octanol–water partition coefficient (Wildman–Crippen LogP) is 4.46. The number of likely N-dealkylation sites (N-methyl/N-ethyl adjacent to an activating group) is 1. The van der Waals surface area contributed by atoms with E-state index in [0.29, 0.717) is 5.56 Å². The lowest BCUT2D eigenvalue weighted by Gasteiger charge is -2.17. The van der Waals surface area contributed by atoms with Crippen molar-refractivity contribution in [3.05, 3.63) is 100 Å². The molecule has 0 saturated carbocycles. The Labute approximate surface area is 158 Å². The lowest BCUT2D eigenvalue weighted by atomic mass is 10.0. The molecule has 0 N–H and O–H groups in total. The van der Waals surface area contributed by atoms with Crippen LogP contribution < -0.4 is 0 Å². The predicted molar refractivity (Wildman–Crippen MR) is 105 cm³/mol. The Bertz CT molecular complexity index is 937. The van der Waals surface area contributed by atoms with Crippen molar-refractivity contribution in [2.45, 2.75) is 13.0 Å². The van der Waals surface area contributed by atoms with E-state index < -0.39 is 4.92 Å². The second kappa shape index (κ2) is 8.27. The van der Waals surface area contributed by atoms with Crippen LogP contribution in [0.2, 0.25) is 0 Å². The summed E-state index contributed by atoms with van der Waals surface area (Å²) in [6.07, 6.45) is 0.256. The minimum atomic E-state index is -0.421. The van der Waals surface area contributed by atoms with E-state index >= 15 is 0 Å². The van der Waals surface area contributed by atoms with Crippen LogP contribution in [-0.2, 0) is 17.8 Å². The van der Waals surface area contributed by atoms with Crippen LogP contribution in [0.5, 0.6) is 0 Å². The molecule has 3 aromatic rings. The molecule has 0 aliphatic heterocycles. The zero-order chi connectivity index (χ0) is 19.2. The summed E-state index contributed by atoms with van der Waals surface area (Å²) < 4.78 is 0. The van der Waals surface area contributed by atoms with Gasteiger partial charge in [-0.05, 0) is 16.7 Å². The molecular formula is C22H20N2O3. The van der Waals surface area contributed by atoms with Crippen molar-refractivity contribution in [3.63, 3.8) is 0 Å². The molecule has 0 unspecified atom stereocenters. The first-order chi connectivity index (χ1) is 13.0. The van der Waals surface area contributed by atoms with Crippen LogP contribution in [0.15, 0.2) is 78.9 Å². The Hall–Kier alpha value is -3.47. The third kappa shape index (κ3) is 4.58. The van der Waals surface area contributed by atoms with Crippen molar-refractivity contribution in [1.29, 1.82) is 0 Å². The summed E-state index contributed by atoms with van der Waals surface area (Å²) in [5.74, 6) is -0.0828. The van der Waals surface area contributed by atoms with E-state index in [4.69, 9.17) is 0 Å². The zero-order valence-corrected chi connectivity index (χ0v) is 15.0. The first-order valence-electron chi connectivity index (χ1n) is 8.65. The molecule has 0 atom stereocenters. The number of nitro groups is 1. The van der Waals surface area contributed by atoms with Crippen LogP contribution in [0.1, 0.15) is 11.1 Å². The Balaban J connectivity index is 1.66. The Morgan fingerprint density at radius 1 is 0.889 bits per heavy atom. The van der Waals surface area contributed by atoms with Crippen molar-refractivity contribution in [3.8, 4) is 11.1 Å². The lowest BCUT2D eigenvalue weighted by Crippen LogP contribution is -2.28. The minimum Gasteiger partial charge on any atom is -0.341 e. The molecule has 3 rings (SSSR count). The van der Waals surface area contributed by atoms with Crippen molar-refractivity contribution >= 4 is 11.6 Å². The van der Waals surface area contributed by atoms with Crippen LogP contribution in [0.4, 0.5) is 5.69 Å². The molecule has 0 fully saturated rings. The molecule has 5 nitrogen and oxygen atoms in total. The minimum absolute atomic E-state index is 0.0318. The van der Waals surface area contributed by atoms with E-state index in [-0.39, 0.29) is 24.6 Å². The average molecular weight is 360 g/mol. The van der Waals surface area contributed by atoms with Gasteiger partial charge in [-0.3, -0.25) is 14.9 Å². The number of amides is 1. The Morgan fingerprint density at radius 3 is 2.15 bits per heavy atom. The lowest BCUT2D eigenvalue weighted by molar-refractivity contribution is -0.385. The van der Waals surface area contributed by atoms with Gasteiger partial charge in [-0.1, -0.05) is 72.8 Å². The maximum Gasteiger partial charge on any atom is 0.274 e. The largest absolute Gasteiger partial charge is 0.341 e. The molecule has 1 amide bonds. The molecule has 0 heterocycles. The number of nitro benzene ring substituents is 1. The van der Waals surface area contributed by atoms with Gasteiger partial charge < -0.3 is 4.90 Å². The molecule has 0 bridgehead atoms. The fraction of sp³-hybridized carbons (Fsp3) is 0.136. The molecule has 0 radical (unpaired) electrons. The number of nitrogens with zero attached hydrogens (tertiary/aromatic N) is 2. The van der Waals surface area contributed by atoms with Crippen molar-refractivity contribution in [2.24, 2.45) is 0 Å². The second-order valence-electron chi connectivity index (χ2n) is 6.38. The van der Waals surface area contributed by atoms with Crippen molar-refractivity contribution in [2.75, 3.05) is 7.05 Å². The van der Waals surface area contributed by atoms with Gasteiger partial charge in [-0.25, -0.2) is 0 Å². The third-order valence-corrected chi connectivity index (χ3v) is 4.44. The zero-order valence-electron chi connectivity index (χ0n) is 15.0. The highest BCUT2D eigenvalue weighted by Crippen LogP contribution is 2.21. The number of hydrogen-bond donors (Lipinski definition) is 0. The third-order valence-electron chi connectivity index (χ3n) is 4.44. The standard InChI is InChI=1S/C22H20N2O3/c1-23(16-20-9-5-6-10-21(20)24(26)27)22(25)15-17-11-13-19(14-12-17)18-7-3-2-4-8-18/h2-14H,15-16H2,1H3. The molecule has 0 spiro atoms. The van der Waals surface area contributed by atoms with E-state index in [0.717, 1.165) is 16.7 Å². The number of hydrogen-bond acceptors (Lipinski definition) is 3. The van der Waals surface area contributed by atoms with Gasteiger partial charge in [0.25, 0.3) is 5.69 Å². The molecule has 0 aromatic heterocycles. The van der Waals surface area contributed by atoms with E-state index in [1.807, 2.05) is 54.6 Å². The topological polar surface area (TPSA) is 63.4 Å². The monoisotopic (exact) mass is 360 g/mol. The normalized spacial score (nSPS) is 10.4. The fourth-order valence-corrected chi connectivity index (χ4v) is 2.92. The summed E-state index contributed by atoms with van der Waals surface area (Å²) in [5, 5.41) is 11.1. The van der Waals surface area contributed by atoms with Crippen LogP contribution in [0.25, 0.3) is 11.1 Å². The van der Waals surface area contributed by atoms with Crippen LogP contribution in [0, 0.1) is 10.1 Å². The second-order valence-corrected chi connectivity index (χ2v) is 6.38. The van der Waals surface area contributed by atoms with Gasteiger partial charge in [0.05, 0.1) is 17.9 Å². The maximum absolute atomic E-state index is 12.5. The fourth-order valence-electron chi connectivity index (χ4n) is 2.92. The number of carbonyl (C=O) groups is 1. The summed E-state index contributed by atoms with van der Waals surface area (Å²) >= 11 is 0. The number of para-hydroxylation sites is 1. The summed E-state index contributed by atoms with van der Waals surface area (Å²) in [6.45, 7) is 0.206. The van der Waals surface area contributed by atoms with E-state index in [9.17, 15) is 14.9 Å². The van der Waals surface area contributed by atoms with Crippen LogP contribution in [-0.4, -0.2) is 22.8 Å². The molecule has 136 valence electrons. The molecule has 5 heteroatoms. The average Bonchev–Trinajstić information content (AvgIpc) is 2.69. The van der Waals surface area contributed by atoms with Gasteiger partial charge in [-0.2, -0.15) is 0 Å². The number of carbonyl (C=O) groups excluding carboxylic acids is 1. The van der Waals surface area contributed by atoms with Crippen molar-refractivity contribution in [1.82, 2.24) is 4.90 Å². The SMILES string of the molecule is CN(Cc1ccccc1[N+](=O)[O-])C(=O)Cc1ccc(-c2ccccc2)cc1. The van der Waals surface area contributed by atoms with E-state index in [1.54, 1.807) is 25.2 Å². The van der Waals surface area contributed by atoms with Gasteiger partial charge in [0.15, 0.2) is 0 Å².